The fourth-order valence-electron chi connectivity index (χ4n) is 1.74. The fourth-order valence-corrected chi connectivity index (χ4v) is 1.74. The van der Waals surface area contributed by atoms with Crippen molar-refractivity contribution in [3.63, 3.8) is 0 Å². The van der Waals surface area contributed by atoms with Crippen LogP contribution in [-0.4, -0.2) is 36.7 Å². The maximum atomic E-state index is 11.6. The summed E-state index contributed by atoms with van der Waals surface area (Å²) in [5.74, 6) is -0.935. The number of ether oxygens (including phenoxy) is 1. The van der Waals surface area contributed by atoms with Crippen LogP contribution in [0.25, 0.3) is 0 Å². The number of amides is 1. The van der Waals surface area contributed by atoms with Gasteiger partial charge in [0.25, 0.3) is 0 Å². The van der Waals surface area contributed by atoms with Gasteiger partial charge in [0, 0.05) is 19.8 Å². The lowest BCUT2D eigenvalue weighted by Gasteiger charge is -2.23. The standard InChI is InChI=1S/C12H21NO4/c1-12(2,11(15)16)10(14)13-6-3-9-4-7-17-8-5-9/h9H,3-8H2,1-2H3,(H,13,14)(H,15,16). The highest BCUT2D eigenvalue weighted by atomic mass is 16.5. The summed E-state index contributed by atoms with van der Waals surface area (Å²) in [6.45, 7) is 4.96. The molecule has 0 atom stereocenters. The first-order valence-electron chi connectivity index (χ1n) is 6.04. The largest absolute Gasteiger partial charge is 0.480 e. The average molecular weight is 243 g/mol. The Hall–Kier alpha value is -1.10. The molecule has 0 radical (unpaired) electrons. The maximum Gasteiger partial charge on any atom is 0.318 e. The number of hydrogen-bond donors (Lipinski definition) is 2. The molecule has 0 saturated carbocycles. The van der Waals surface area contributed by atoms with Gasteiger partial charge in [0.15, 0.2) is 0 Å². The Balaban J connectivity index is 2.26. The van der Waals surface area contributed by atoms with Crippen LogP contribution in [-0.2, 0) is 14.3 Å². The van der Waals surface area contributed by atoms with E-state index in [0.29, 0.717) is 12.5 Å². The smallest absolute Gasteiger partial charge is 0.318 e. The number of hydrogen-bond acceptors (Lipinski definition) is 3. The molecule has 0 aromatic heterocycles. The van der Waals surface area contributed by atoms with Crippen LogP contribution in [0.5, 0.6) is 0 Å². The monoisotopic (exact) mass is 243 g/mol. The number of carboxylic acid groups (broad SMARTS) is 1. The minimum Gasteiger partial charge on any atom is -0.480 e. The minimum absolute atomic E-state index is 0.419. The first kappa shape index (κ1) is 14.0. The average Bonchev–Trinajstić information content (AvgIpc) is 2.30. The summed E-state index contributed by atoms with van der Waals surface area (Å²) in [5, 5.41) is 11.6. The van der Waals surface area contributed by atoms with Crippen molar-refractivity contribution in [2.24, 2.45) is 11.3 Å². The van der Waals surface area contributed by atoms with E-state index < -0.39 is 17.3 Å². The van der Waals surface area contributed by atoms with Crippen molar-refractivity contribution in [3.8, 4) is 0 Å². The summed E-state index contributed by atoms with van der Waals surface area (Å²) >= 11 is 0. The van der Waals surface area contributed by atoms with Gasteiger partial charge in [-0.25, -0.2) is 0 Å². The fraction of sp³-hybridized carbons (Fsp3) is 0.833. The number of nitrogens with one attached hydrogen (secondary N) is 1. The Morgan fingerprint density at radius 2 is 1.94 bits per heavy atom. The second-order valence-electron chi connectivity index (χ2n) is 5.03. The van der Waals surface area contributed by atoms with Crippen molar-refractivity contribution in [2.75, 3.05) is 19.8 Å². The Morgan fingerprint density at radius 3 is 2.47 bits per heavy atom. The predicted octanol–water partition coefficient (Wildman–Crippen LogP) is 1.03. The zero-order chi connectivity index (χ0) is 12.9. The van der Waals surface area contributed by atoms with Gasteiger partial charge < -0.3 is 15.2 Å². The molecule has 5 nitrogen and oxygen atoms in total. The molecule has 98 valence electrons. The van der Waals surface area contributed by atoms with E-state index in [2.05, 4.69) is 5.32 Å². The van der Waals surface area contributed by atoms with E-state index in [4.69, 9.17) is 9.84 Å². The summed E-state index contributed by atoms with van der Waals surface area (Å²) < 4.78 is 5.25. The number of rotatable bonds is 5. The molecular formula is C12H21NO4. The van der Waals surface area contributed by atoms with E-state index in [-0.39, 0.29) is 0 Å². The van der Waals surface area contributed by atoms with Crippen LogP contribution >= 0.6 is 0 Å². The lowest BCUT2D eigenvalue weighted by atomic mass is 9.92. The zero-order valence-electron chi connectivity index (χ0n) is 10.5. The first-order chi connectivity index (χ1) is 7.94. The van der Waals surface area contributed by atoms with Gasteiger partial charge >= 0.3 is 5.97 Å². The van der Waals surface area contributed by atoms with Gasteiger partial charge in [0.2, 0.25) is 5.91 Å². The molecule has 0 bridgehead atoms. The lowest BCUT2D eigenvalue weighted by Crippen LogP contribution is -2.43. The van der Waals surface area contributed by atoms with Crippen LogP contribution in [0.3, 0.4) is 0 Å². The Kier molecular flexibility index (Phi) is 4.93. The van der Waals surface area contributed by atoms with Gasteiger partial charge in [-0.05, 0) is 39.0 Å². The highest BCUT2D eigenvalue weighted by Crippen LogP contribution is 2.18. The summed E-state index contributed by atoms with van der Waals surface area (Å²) in [7, 11) is 0. The van der Waals surface area contributed by atoms with Crippen molar-refractivity contribution < 1.29 is 19.4 Å². The molecular weight excluding hydrogens is 222 g/mol. The van der Waals surface area contributed by atoms with Gasteiger partial charge in [-0.2, -0.15) is 0 Å². The van der Waals surface area contributed by atoms with E-state index in [1.165, 1.54) is 13.8 Å². The Morgan fingerprint density at radius 1 is 1.35 bits per heavy atom. The molecule has 2 N–H and O–H groups in total. The van der Waals surface area contributed by atoms with Crippen molar-refractivity contribution in [1.29, 1.82) is 0 Å². The number of carbonyl (C=O) groups is 2. The predicted molar refractivity (Wildman–Crippen MR) is 62.6 cm³/mol. The molecule has 1 heterocycles. The Labute approximate surface area is 102 Å². The SMILES string of the molecule is CC(C)(C(=O)O)C(=O)NCCC1CCOCC1. The second kappa shape index (κ2) is 6.00. The van der Waals surface area contributed by atoms with E-state index >= 15 is 0 Å². The molecule has 5 heteroatoms. The van der Waals surface area contributed by atoms with Gasteiger partial charge in [-0.3, -0.25) is 9.59 Å². The highest BCUT2D eigenvalue weighted by molar-refractivity contribution is 6.00. The van der Waals surface area contributed by atoms with Gasteiger partial charge in [0.1, 0.15) is 5.41 Å². The molecule has 0 aromatic rings. The molecule has 1 aliphatic heterocycles. The van der Waals surface area contributed by atoms with Crippen molar-refractivity contribution in [2.45, 2.75) is 33.1 Å². The first-order valence-corrected chi connectivity index (χ1v) is 6.04. The summed E-state index contributed by atoms with van der Waals surface area (Å²) in [5.41, 5.74) is -1.35. The quantitative estimate of drug-likeness (QED) is 0.707. The number of carbonyl (C=O) groups excluding carboxylic acids is 1. The van der Waals surface area contributed by atoms with Crippen LogP contribution in [0.1, 0.15) is 33.1 Å². The zero-order valence-corrected chi connectivity index (χ0v) is 10.5. The molecule has 1 fully saturated rings. The Bertz CT molecular complexity index is 282. The van der Waals surface area contributed by atoms with Crippen LogP contribution in [0.2, 0.25) is 0 Å². The normalized spacial score (nSPS) is 17.8. The minimum atomic E-state index is -1.35. The van der Waals surface area contributed by atoms with Gasteiger partial charge in [-0.15, -0.1) is 0 Å². The van der Waals surface area contributed by atoms with Gasteiger partial charge in [-0.1, -0.05) is 0 Å². The maximum absolute atomic E-state index is 11.6. The van der Waals surface area contributed by atoms with E-state index in [1.807, 2.05) is 0 Å². The third kappa shape index (κ3) is 4.00. The van der Waals surface area contributed by atoms with Crippen molar-refractivity contribution >= 4 is 11.9 Å². The summed E-state index contributed by atoms with van der Waals surface area (Å²) in [6, 6.07) is 0. The topological polar surface area (TPSA) is 75.6 Å². The second-order valence-corrected chi connectivity index (χ2v) is 5.03. The highest BCUT2D eigenvalue weighted by Gasteiger charge is 2.35. The molecule has 1 saturated heterocycles. The van der Waals surface area contributed by atoms with Crippen molar-refractivity contribution in [1.82, 2.24) is 5.32 Å². The van der Waals surface area contributed by atoms with Crippen molar-refractivity contribution in [3.05, 3.63) is 0 Å². The van der Waals surface area contributed by atoms with E-state index in [0.717, 1.165) is 32.5 Å². The van der Waals surface area contributed by atoms with E-state index in [1.54, 1.807) is 0 Å². The molecule has 1 amide bonds. The van der Waals surface area contributed by atoms with Crippen LogP contribution in [0, 0.1) is 11.3 Å². The molecule has 1 aliphatic rings. The molecule has 0 aromatic carbocycles. The number of aliphatic carboxylic acids is 1. The molecule has 0 unspecified atom stereocenters. The summed E-state index contributed by atoms with van der Waals surface area (Å²) in [4.78, 5) is 22.5. The number of carboxylic acids is 1. The summed E-state index contributed by atoms with van der Waals surface area (Å²) in [6.07, 6.45) is 2.95. The van der Waals surface area contributed by atoms with Crippen LogP contribution in [0.15, 0.2) is 0 Å². The van der Waals surface area contributed by atoms with E-state index in [9.17, 15) is 9.59 Å². The molecule has 0 aliphatic carbocycles. The van der Waals surface area contributed by atoms with Gasteiger partial charge in [0.05, 0.1) is 0 Å². The molecule has 0 spiro atoms. The van der Waals surface area contributed by atoms with Crippen LogP contribution in [0.4, 0.5) is 0 Å². The third-order valence-corrected chi connectivity index (χ3v) is 3.28. The molecule has 17 heavy (non-hydrogen) atoms. The lowest BCUT2D eigenvalue weighted by molar-refractivity contribution is -0.153. The molecule has 1 rings (SSSR count). The van der Waals surface area contributed by atoms with Crippen LogP contribution < -0.4 is 5.32 Å². The third-order valence-electron chi connectivity index (χ3n) is 3.28.